The Morgan fingerprint density at radius 1 is 1.56 bits per heavy atom. The third kappa shape index (κ3) is 2.65. The molecule has 4 nitrogen and oxygen atoms in total. The Morgan fingerprint density at radius 2 is 2.28 bits per heavy atom. The minimum atomic E-state index is -3.42. The molecule has 1 aliphatic rings. The molecule has 7 heteroatoms. The number of hydrogen-bond donors (Lipinski definition) is 1. The van der Waals surface area contributed by atoms with Crippen molar-refractivity contribution in [2.75, 3.05) is 6.54 Å². The van der Waals surface area contributed by atoms with Crippen LogP contribution in [0.5, 0.6) is 0 Å². The third-order valence-corrected chi connectivity index (χ3v) is 7.80. The van der Waals surface area contributed by atoms with E-state index in [1.54, 1.807) is 15.8 Å². The number of sulfonamides is 1. The van der Waals surface area contributed by atoms with Crippen LogP contribution >= 0.6 is 27.3 Å². The molecule has 18 heavy (non-hydrogen) atoms. The molecule has 1 aliphatic heterocycles. The molecule has 0 amide bonds. The van der Waals surface area contributed by atoms with Crippen LogP contribution in [0.3, 0.4) is 0 Å². The third-order valence-electron chi connectivity index (χ3n) is 3.23. The summed E-state index contributed by atoms with van der Waals surface area (Å²) in [4.78, 5) is 0. The Balaban J connectivity index is 2.36. The van der Waals surface area contributed by atoms with Gasteiger partial charge in [0, 0.05) is 23.1 Å². The van der Waals surface area contributed by atoms with Gasteiger partial charge in [0.2, 0.25) is 0 Å². The summed E-state index contributed by atoms with van der Waals surface area (Å²) in [6.07, 6.45) is 2.80. The van der Waals surface area contributed by atoms with Crippen molar-refractivity contribution in [3.8, 4) is 0 Å². The van der Waals surface area contributed by atoms with E-state index in [1.807, 2.05) is 6.92 Å². The lowest BCUT2D eigenvalue weighted by Crippen LogP contribution is -2.51. The highest BCUT2D eigenvalue weighted by molar-refractivity contribution is 9.10. The lowest BCUT2D eigenvalue weighted by Gasteiger charge is -2.36. The standard InChI is InChI=1S/C11H17BrN2O2S2/c1-8(13)10-4-2-3-6-14(10)18(15,16)11-9(12)5-7-17-11/h5,7-8,10H,2-4,6,13H2,1H3. The van der Waals surface area contributed by atoms with E-state index in [0.717, 1.165) is 19.3 Å². The van der Waals surface area contributed by atoms with Crippen LogP contribution in [0.25, 0.3) is 0 Å². The van der Waals surface area contributed by atoms with E-state index in [0.29, 0.717) is 15.2 Å². The summed E-state index contributed by atoms with van der Waals surface area (Å²) in [6, 6.07) is 1.54. The molecule has 0 bridgehead atoms. The van der Waals surface area contributed by atoms with Gasteiger partial charge in [-0.25, -0.2) is 8.42 Å². The van der Waals surface area contributed by atoms with Crippen LogP contribution in [-0.4, -0.2) is 31.4 Å². The molecule has 0 saturated carbocycles. The largest absolute Gasteiger partial charge is 0.326 e. The lowest BCUT2D eigenvalue weighted by atomic mass is 10.00. The molecule has 1 aromatic heterocycles. The second-order valence-corrected chi connectivity index (χ2v) is 8.45. The highest BCUT2D eigenvalue weighted by atomic mass is 79.9. The summed E-state index contributed by atoms with van der Waals surface area (Å²) in [5.74, 6) is 0. The quantitative estimate of drug-likeness (QED) is 0.908. The van der Waals surface area contributed by atoms with Crippen LogP contribution in [0.15, 0.2) is 20.1 Å². The first-order chi connectivity index (χ1) is 8.44. The average molecular weight is 353 g/mol. The van der Waals surface area contributed by atoms with Crippen LogP contribution in [0.4, 0.5) is 0 Å². The summed E-state index contributed by atoms with van der Waals surface area (Å²) < 4.78 is 27.9. The summed E-state index contributed by atoms with van der Waals surface area (Å²) in [5.41, 5.74) is 5.93. The van der Waals surface area contributed by atoms with Crippen molar-refractivity contribution < 1.29 is 8.42 Å². The first-order valence-electron chi connectivity index (χ1n) is 5.95. The first-order valence-corrected chi connectivity index (χ1v) is 9.06. The Labute approximate surface area is 120 Å². The number of piperidine rings is 1. The Bertz CT molecular complexity index is 513. The SMILES string of the molecule is CC(N)C1CCCCN1S(=O)(=O)c1sccc1Br. The highest BCUT2D eigenvalue weighted by Gasteiger charge is 2.36. The molecule has 0 spiro atoms. The molecule has 2 unspecified atom stereocenters. The Morgan fingerprint density at radius 3 is 2.83 bits per heavy atom. The first kappa shape index (κ1) is 14.5. The monoisotopic (exact) mass is 352 g/mol. The van der Waals surface area contributed by atoms with Gasteiger partial charge in [-0.05, 0) is 47.1 Å². The van der Waals surface area contributed by atoms with Crippen LogP contribution < -0.4 is 5.73 Å². The number of rotatable bonds is 3. The molecule has 0 radical (unpaired) electrons. The van der Waals surface area contributed by atoms with E-state index < -0.39 is 10.0 Å². The van der Waals surface area contributed by atoms with Crippen molar-refractivity contribution in [1.29, 1.82) is 0 Å². The van der Waals surface area contributed by atoms with Gasteiger partial charge in [-0.2, -0.15) is 4.31 Å². The van der Waals surface area contributed by atoms with Crippen LogP contribution in [0, 0.1) is 0 Å². The topological polar surface area (TPSA) is 63.4 Å². The maximum atomic E-state index is 12.6. The average Bonchev–Trinajstić information content (AvgIpc) is 2.76. The minimum absolute atomic E-state index is 0.0854. The smallest absolute Gasteiger partial charge is 0.254 e. The molecule has 1 saturated heterocycles. The van der Waals surface area contributed by atoms with Crippen molar-refractivity contribution in [1.82, 2.24) is 4.31 Å². The van der Waals surface area contributed by atoms with Crippen molar-refractivity contribution in [2.45, 2.75) is 42.5 Å². The molecule has 1 fully saturated rings. The second kappa shape index (κ2) is 5.58. The number of thiophene rings is 1. The molecular formula is C11H17BrN2O2S2. The Hall–Kier alpha value is 0.0500. The second-order valence-electron chi connectivity index (χ2n) is 4.59. The van der Waals surface area contributed by atoms with E-state index in [2.05, 4.69) is 15.9 Å². The summed E-state index contributed by atoms with van der Waals surface area (Å²) in [5, 5.41) is 1.78. The van der Waals surface area contributed by atoms with Gasteiger partial charge in [-0.1, -0.05) is 6.42 Å². The van der Waals surface area contributed by atoms with E-state index in [9.17, 15) is 8.42 Å². The summed E-state index contributed by atoms with van der Waals surface area (Å²) in [6.45, 7) is 2.45. The van der Waals surface area contributed by atoms with Crippen molar-refractivity contribution in [3.05, 3.63) is 15.9 Å². The maximum absolute atomic E-state index is 12.6. The molecule has 2 heterocycles. The minimum Gasteiger partial charge on any atom is -0.326 e. The van der Waals surface area contributed by atoms with E-state index in [1.165, 1.54) is 11.3 Å². The van der Waals surface area contributed by atoms with Gasteiger partial charge in [-0.3, -0.25) is 0 Å². The van der Waals surface area contributed by atoms with Crippen molar-refractivity contribution >= 4 is 37.3 Å². The maximum Gasteiger partial charge on any atom is 0.254 e. The fourth-order valence-corrected chi connectivity index (χ4v) is 6.53. The molecular weight excluding hydrogens is 336 g/mol. The molecule has 0 aromatic carbocycles. The number of halogens is 1. The summed E-state index contributed by atoms with van der Waals surface area (Å²) >= 11 is 4.55. The number of hydrogen-bond acceptors (Lipinski definition) is 4. The zero-order valence-electron chi connectivity index (χ0n) is 10.2. The predicted molar refractivity (Wildman–Crippen MR) is 77.2 cm³/mol. The Kier molecular flexibility index (Phi) is 4.48. The highest BCUT2D eigenvalue weighted by Crippen LogP contribution is 2.33. The van der Waals surface area contributed by atoms with Crippen molar-refractivity contribution in [3.63, 3.8) is 0 Å². The zero-order chi connectivity index (χ0) is 13.3. The van der Waals surface area contributed by atoms with Gasteiger partial charge in [0.15, 0.2) is 0 Å². The van der Waals surface area contributed by atoms with Gasteiger partial charge in [0.1, 0.15) is 4.21 Å². The summed E-state index contributed by atoms with van der Waals surface area (Å²) in [7, 11) is -3.42. The molecule has 0 aliphatic carbocycles. The lowest BCUT2D eigenvalue weighted by molar-refractivity contribution is 0.227. The fourth-order valence-electron chi connectivity index (χ4n) is 2.32. The zero-order valence-corrected chi connectivity index (χ0v) is 13.4. The van der Waals surface area contributed by atoms with Gasteiger partial charge in [0.25, 0.3) is 10.0 Å². The van der Waals surface area contributed by atoms with Gasteiger partial charge >= 0.3 is 0 Å². The van der Waals surface area contributed by atoms with Crippen LogP contribution in [0.2, 0.25) is 0 Å². The number of nitrogens with two attached hydrogens (primary N) is 1. The fraction of sp³-hybridized carbons (Fsp3) is 0.636. The molecule has 102 valence electrons. The predicted octanol–water partition coefficient (Wildman–Crippen LogP) is 2.40. The van der Waals surface area contributed by atoms with Gasteiger partial charge in [-0.15, -0.1) is 11.3 Å². The van der Waals surface area contributed by atoms with E-state index in [4.69, 9.17) is 5.73 Å². The van der Waals surface area contributed by atoms with Crippen molar-refractivity contribution in [2.24, 2.45) is 5.73 Å². The van der Waals surface area contributed by atoms with Crippen LogP contribution in [0.1, 0.15) is 26.2 Å². The molecule has 2 atom stereocenters. The molecule has 2 N–H and O–H groups in total. The van der Waals surface area contributed by atoms with Crippen LogP contribution in [-0.2, 0) is 10.0 Å². The molecule has 2 rings (SSSR count). The molecule has 1 aromatic rings. The number of nitrogens with zero attached hydrogens (tertiary/aromatic N) is 1. The van der Waals surface area contributed by atoms with Gasteiger partial charge < -0.3 is 5.73 Å². The van der Waals surface area contributed by atoms with E-state index >= 15 is 0 Å². The van der Waals surface area contributed by atoms with E-state index in [-0.39, 0.29) is 12.1 Å². The van der Waals surface area contributed by atoms with Gasteiger partial charge in [0.05, 0.1) is 0 Å². The normalized spacial score (nSPS) is 24.1.